The molecule has 5 nitrogen and oxygen atoms in total. The minimum atomic E-state index is -0.439. The maximum atomic E-state index is 10.1. The van der Waals surface area contributed by atoms with E-state index >= 15 is 0 Å². The van der Waals surface area contributed by atoms with Crippen LogP contribution in [-0.4, -0.2) is 23.7 Å². The van der Waals surface area contributed by atoms with Gasteiger partial charge in [0.25, 0.3) is 0 Å². The molecule has 0 fully saturated rings. The van der Waals surface area contributed by atoms with Gasteiger partial charge in [0.1, 0.15) is 0 Å². The van der Waals surface area contributed by atoms with E-state index in [4.69, 9.17) is 4.74 Å². The number of benzene rings is 1. The van der Waals surface area contributed by atoms with E-state index in [-0.39, 0.29) is 12.3 Å². The van der Waals surface area contributed by atoms with Crippen LogP contribution in [0.1, 0.15) is 5.56 Å². The second-order valence-corrected chi connectivity index (χ2v) is 2.82. The Labute approximate surface area is 86.8 Å². The van der Waals surface area contributed by atoms with Gasteiger partial charge in [-0.05, 0) is 18.2 Å². The lowest BCUT2D eigenvalue weighted by Gasteiger charge is -2.05. The average molecular weight is 209 g/mol. The minimum absolute atomic E-state index is 0.0146. The Morgan fingerprint density at radius 3 is 2.93 bits per heavy atom. The van der Waals surface area contributed by atoms with Crippen LogP contribution in [0, 0.1) is 10.1 Å². The molecule has 5 heteroatoms. The highest BCUT2D eigenvalue weighted by molar-refractivity contribution is 5.61. The van der Waals surface area contributed by atoms with E-state index in [1.54, 1.807) is 18.2 Å². The number of nitro groups is 1. The zero-order valence-electron chi connectivity index (χ0n) is 8.21. The summed E-state index contributed by atoms with van der Waals surface area (Å²) in [6.07, 6.45) is 2.94. The van der Waals surface area contributed by atoms with Gasteiger partial charge in [0.15, 0.2) is 11.5 Å². The molecule has 0 radical (unpaired) electrons. The third-order valence-corrected chi connectivity index (χ3v) is 1.78. The number of hydrogen-bond donors (Lipinski definition) is 1. The van der Waals surface area contributed by atoms with Gasteiger partial charge in [-0.15, -0.1) is 0 Å². The van der Waals surface area contributed by atoms with Crippen molar-refractivity contribution in [3.8, 4) is 11.5 Å². The first-order valence-electron chi connectivity index (χ1n) is 4.29. The van der Waals surface area contributed by atoms with Crippen molar-refractivity contribution >= 4 is 6.08 Å². The van der Waals surface area contributed by atoms with Crippen LogP contribution < -0.4 is 4.74 Å². The van der Waals surface area contributed by atoms with Crippen LogP contribution >= 0.6 is 0 Å². The summed E-state index contributed by atoms with van der Waals surface area (Å²) in [7, 11) is 1.43. The molecule has 0 saturated heterocycles. The predicted molar refractivity (Wildman–Crippen MR) is 55.6 cm³/mol. The second-order valence-electron chi connectivity index (χ2n) is 2.82. The summed E-state index contributed by atoms with van der Waals surface area (Å²) in [5, 5.41) is 19.5. The summed E-state index contributed by atoms with van der Waals surface area (Å²) in [5.41, 5.74) is 0.611. The fourth-order valence-electron chi connectivity index (χ4n) is 1.16. The average Bonchev–Trinajstić information content (AvgIpc) is 2.17. The number of rotatable bonds is 4. The first kappa shape index (κ1) is 11.0. The molecule has 1 aromatic rings. The molecule has 0 unspecified atom stereocenters. The normalized spacial score (nSPS) is 10.5. The molecule has 0 aliphatic heterocycles. The van der Waals surface area contributed by atoms with E-state index in [9.17, 15) is 15.2 Å². The van der Waals surface area contributed by atoms with Crippen LogP contribution in [0.3, 0.4) is 0 Å². The highest BCUT2D eigenvalue weighted by Gasteiger charge is 2.04. The molecule has 1 N–H and O–H groups in total. The Morgan fingerprint density at radius 1 is 1.60 bits per heavy atom. The number of phenolic OH excluding ortho intramolecular Hbond substituents is 1. The molecule has 0 aliphatic carbocycles. The largest absolute Gasteiger partial charge is 0.504 e. The Morgan fingerprint density at radius 2 is 2.33 bits per heavy atom. The molecule has 1 aromatic carbocycles. The molecule has 0 amide bonds. The van der Waals surface area contributed by atoms with Gasteiger partial charge in [-0.25, -0.2) is 0 Å². The van der Waals surface area contributed by atoms with Gasteiger partial charge in [0.2, 0.25) is 6.54 Å². The number of phenols is 1. The fourth-order valence-corrected chi connectivity index (χ4v) is 1.16. The van der Waals surface area contributed by atoms with Crippen molar-refractivity contribution in [2.45, 2.75) is 0 Å². The summed E-state index contributed by atoms with van der Waals surface area (Å²) < 4.78 is 4.96. The SMILES string of the molecule is COc1c(O)cccc1C=CC[N+](=O)[O-]. The van der Waals surface area contributed by atoms with Crippen LogP contribution in [0.5, 0.6) is 11.5 Å². The summed E-state index contributed by atoms with van der Waals surface area (Å²) in [4.78, 5) is 9.65. The number of nitrogens with zero attached hydrogens (tertiary/aromatic N) is 1. The molecule has 0 bridgehead atoms. The first-order valence-corrected chi connectivity index (χ1v) is 4.29. The van der Waals surface area contributed by atoms with Crippen LogP contribution in [0.25, 0.3) is 6.08 Å². The summed E-state index contributed by atoms with van der Waals surface area (Å²) in [6, 6.07) is 4.84. The zero-order valence-corrected chi connectivity index (χ0v) is 8.21. The number of aromatic hydroxyl groups is 1. The molecule has 0 aromatic heterocycles. The molecule has 80 valence electrons. The lowest BCUT2D eigenvalue weighted by molar-refractivity contribution is -0.468. The van der Waals surface area contributed by atoms with E-state index in [0.29, 0.717) is 11.3 Å². The predicted octanol–water partition coefficient (Wildman–Crippen LogP) is 1.69. The Hall–Kier alpha value is -2.04. The van der Waals surface area contributed by atoms with Gasteiger partial charge < -0.3 is 9.84 Å². The van der Waals surface area contributed by atoms with Gasteiger partial charge in [-0.3, -0.25) is 10.1 Å². The molecule has 0 aliphatic rings. The van der Waals surface area contributed by atoms with Gasteiger partial charge in [-0.2, -0.15) is 0 Å². The highest BCUT2D eigenvalue weighted by Crippen LogP contribution is 2.30. The van der Waals surface area contributed by atoms with Gasteiger partial charge in [-0.1, -0.05) is 12.1 Å². The maximum Gasteiger partial charge on any atom is 0.222 e. The van der Waals surface area contributed by atoms with E-state index in [1.165, 1.54) is 19.3 Å². The standard InChI is InChI=1S/C10H11NO4/c1-15-10-8(4-2-6-9(10)12)5-3-7-11(13)14/h2-6,12H,7H2,1H3. The smallest absolute Gasteiger partial charge is 0.222 e. The Bertz CT molecular complexity index is 387. The van der Waals surface area contributed by atoms with Gasteiger partial charge >= 0.3 is 0 Å². The van der Waals surface area contributed by atoms with E-state index < -0.39 is 4.92 Å². The molecule has 0 saturated carbocycles. The molecule has 0 spiro atoms. The highest BCUT2D eigenvalue weighted by atomic mass is 16.6. The third kappa shape index (κ3) is 2.98. The fraction of sp³-hybridized carbons (Fsp3) is 0.200. The minimum Gasteiger partial charge on any atom is -0.504 e. The summed E-state index contributed by atoms with van der Waals surface area (Å²) in [5.74, 6) is 0.331. The van der Waals surface area contributed by atoms with Crippen molar-refractivity contribution in [1.29, 1.82) is 0 Å². The lowest BCUT2D eigenvalue weighted by atomic mass is 10.1. The Kier molecular flexibility index (Phi) is 3.68. The second kappa shape index (κ2) is 4.99. The van der Waals surface area contributed by atoms with Gasteiger partial charge in [0.05, 0.1) is 7.11 Å². The number of methoxy groups -OCH3 is 1. The number of hydrogen-bond acceptors (Lipinski definition) is 4. The van der Waals surface area contributed by atoms with E-state index in [2.05, 4.69) is 0 Å². The van der Waals surface area contributed by atoms with Gasteiger partial charge in [0, 0.05) is 10.5 Å². The van der Waals surface area contributed by atoms with Crippen molar-refractivity contribution in [3.05, 3.63) is 40.0 Å². The van der Waals surface area contributed by atoms with Crippen molar-refractivity contribution < 1.29 is 14.8 Å². The topological polar surface area (TPSA) is 72.6 Å². The maximum absolute atomic E-state index is 10.1. The molecular formula is C10H11NO4. The van der Waals surface area contributed by atoms with Crippen LogP contribution in [-0.2, 0) is 0 Å². The van der Waals surface area contributed by atoms with Crippen LogP contribution in [0.4, 0.5) is 0 Å². The van der Waals surface area contributed by atoms with Crippen LogP contribution in [0.15, 0.2) is 24.3 Å². The quantitative estimate of drug-likeness (QED) is 0.605. The van der Waals surface area contributed by atoms with E-state index in [1.807, 2.05) is 0 Å². The summed E-state index contributed by atoms with van der Waals surface area (Å²) in [6.45, 7) is -0.251. The van der Waals surface area contributed by atoms with Crippen molar-refractivity contribution in [1.82, 2.24) is 0 Å². The number of ether oxygens (including phenoxy) is 1. The zero-order chi connectivity index (χ0) is 11.3. The lowest BCUT2D eigenvalue weighted by Crippen LogP contribution is -1.95. The molecule has 0 atom stereocenters. The molecule has 1 rings (SSSR count). The molecule has 15 heavy (non-hydrogen) atoms. The van der Waals surface area contributed by atoms with Crippen molar-refractivity contribution in [3.63, 3.8) is 0 Å². The van der Waals surface area contributed by atoms with Crippen molar-refractivity contribution in [2.75, 3.05) is 13.7 Å². The van der Waals surface area contributed by atoms with Crippen LogP contribution in [0.2, 0.25) is 0 Å². The molecular weight excluding hydrogens is 198 g/mol. The van der Waals surface area contributed by atoms with Crippen molar-refractivity contribution in [2.24, 2.45) is 0 Å². The number of para-hydroxylation sites is 1. The molecule has 0 heterocycles. The summed E-state index contributed by atoms with van der Waals surface area (Å²) >= 11 is 0. The monoisotopic (exact) mass is 209 g/mol. The first-order chi connectivity index (χ1) is 7.15. The third-order valence-electron chi connectivity index (χ3n) is 1.78. The Balaban J connectivity index is 2.89. The van der Waals surface area contributed by atoms with E-state index in [0.717, 1.165) is 0 Å².